The molecule has 0 aromatic heterocycles. The highest BCUT2D eigenvalue weighted by Crippen LogP contribution is 2.37. The second-order valence-electron chi connectivity index (χ2n) is 6.93. The van der Waals surface area contributed by atoms with E-state index in [1.165, 1.54) is 0 Å². The molecule has 0 aliphatic carbocycles. The van der Waals surface area contributed by atoms with E-state index in [0.29, 0.717) is 26.9 Å². The number of aliphatic hydroxyl groups is 1. The van der Waals surface area contributed by atoms with Gasteiger partial charge in [-0.2, -0.15) is 0 Å². The molecule has 0 heterocycles. The Hall–Kier alpha value is -2.04. The molecule has 3 N–H and O–H groups in total. The van der Waals surface area contributed by atoms with Crippen molar-refractivity contribution >= 4 is 23.2 Å². The maximum atomic E-state index is 11.0. The molecule has 2 unspecified atom stereocenters. The van der Waals surface area contributed by atoms with E-state index in [9.17, 15) is 5.11 Å². The molecule has 2 atom stereocenters. The summed E-state index contributed by atoms with van der Waals surface area (Å²) in [5, 5.41) is 11.8. The smallest absolute Gasteiger partial charge is 0.126 e. The number of halogens is 2. The Balaban J connectivity index is 1.97. The van der Waals surface area contributed by atoms with Gasteiger partial charge in [0.25, 0.3) is 0 Å². The summed E-state index contributed by atoms with van der Waals surface area (Å²) in [5.74, 6) is 0.611. The van der Waals surface area contributed by atoms with Crippen molar-refractivity contribution in [3.8, 4) is 16.9 Å². The molecular weight excluding hydrogens is 393 g/mol. The molecule has 0 saturated carbocycles. The van der Waals surface area contributed by atoms with Crippen LogP contribution in [-0.4, -0.2) is 11.2 Å². The van der Waals surface area contributed by atoms with Crippen molar-refractivity contribution in [1.82, 2.24) is 0 Å². The fraction of sp³-hybridized carbons (Fsp3) is 0.217. The van der Waals surface area contributed by atoms with Crippen LogP contribution in [0.2, 0.25) is 10.0 Å². The summed E-state index contributed by atoms with van der Waals surface area (Å²) in [4.78, 5) is 0. The van der Waals surface area contributed by atoms with Crippen LogP contribution in [0, 0.1) is 0 Å². The third-order valence-electron chi connectivity index (χ3n) is 4.47. The molecule has 5 heteroatoms. The van der Waals surface area contributed by atoms with Crippen molar-refractivity contribution in [2.24, 2.45) is 5.73 Å². The Morgan fingerprint density at radius 1 is 0.857 bits per heavy atom. The standard InChI is InChI=1S/C23H23Cl2NO2/c1-14(2)28-21-13-16(15-6-4-3-5-7-15)8-10-18(21)23(27)22(26)17-9-11-19(24)20(25)12-17/h3-14,22-23,27H,26H2,1-2H3. The minimum atomic E-state index is -0.962. The van der Waals surface area contributed by atoms with Gasteiger partial charge in [-0.3, -0.25) is 0 Å². The monoisotopic (exact) mass is 415 g/mol. The van der Waals surface area contributed by atoms with Crippen molar-refractivity contribution in [3.63, 3.8) is 0 Å². The predicted octanol–water partition coefficient (Wildman–Crippen LogP) is 6.18. The fourth-order valence-corrected chi connectivity index (χ4v) is 3.35. The topological polar surface area (TPSA) is 55.5 Å². The van der Waals surface area contributed by atoms with Gasteiger partial charge in [0, 0.05) is 5.56 Å². The minimum Gasteiger partial charge on any atom is -0.491 e. The molecule has 146 valence electrons. The summed E-state index contributed by atoms with van der Waals surface area (Å²) in [5.41, 5.74) is 9.75. The lowest BCUT2D eigenvalue weighted by atomic mass is 9.94. The van der Waals surface area contributed by atoms with Gasteiger partial charge in [-0.25, -0.2) is 0 Å². The molecule has 0 amide bonds. The number of rotatable bonds is 6. The SMILES string of the molecule is CC(C)Oc1cc(-c2ccccc2)ccc1C(O)C(N)c1ccc(Cl)c(Cl)c1. The maximum Gasteiger partial charge on any atom is 0.126 e. The number of hydrogen-bond donors (Lipinski definition) is 2. The van der Waals surface area contributed by atoms with E-state index in [4.69, 9.17) is 33.7 Å². The Labute approximate surface area is 175 Å². The fourth-order valence-electron chi connectivity index (χ4n) is 3.04. The second kappa shape index (κ2) is 8.97. The van der Waals surface area contributed by atoms with Crippen molar-refractivity contribution in [2.75, 3.05) is 0 Å². The van der Waals surface area contributed by atoms with Crippen LogP contribution >= 0.6 is 23.2 Å². The zero-order chi connectivity index (χ0) is 20.3. The molecule has 3 rings (SSSR count). The van der Waals surface area contributed by atoms with Gasteiger partial charge < -0.3 is 15.6 Å². The van der Waals surface area contributed by atoms with Crippen LogP contribution in [0.3, 0.4) is 0 Å². The lowest BCUT2D eigenvalue weighted by Gasteiger charge is -2.24. The first kappa shape index (κ1) is 20.7. The summed E-state index contributed by atoms with van der Waals surface area (Å²) in [6.45, 7) is 3.90. The first-order valence-corrected chi connectivity index (χ1v) is 9.87. The molecule has 0 aliphatic heterocycles. The number of ether oxygens (including phenoxy) is 1. The largest absolute Gasteiger partial charge is 0.491 e. The average Bonchev–Trinajstić information content (AvgIpc) is 2.69. The highest BCUT2D eigenvalue weighted by atomic mass is 35.5. The highest BCUT2D eigenvalue weighted by molar-refractivity contribution is 6.42. The zero-order valence-corrected chi connectivity index (χ0v) is 17.3. The normalized spacial score (nSPS) is 13.4. The van der Waals surface area contributed by atoms with Crippen LogP contribution < -0.4 is 10.5 Å². The maximum absolute atomic E-state index is 11.0. The molecule has 0 fully saturated rings. The summed E-state index contributed by atoms with van der Waals surface area (Å²) in [6.07, 6.45) is -1.01. The Bertz CT molecular complexity index is 945. The van der Waals surface area contributed by atoms with Crippen molar-refractivity contribution in [3.05, 3.63) is 87.9 Å². The van der Waals surface area contributed by atoms with Crippen molar-refractivity contribution in [2.45, 2.75) is 32.1 Å². The van der Waals surface area contributed by atoms with E-state index in [2.05, 4.69) is 0 Å². The molecule has 0 saturated heterocycles. The van der Waals surface area contributed by atoms with Gasteiger partial charge in [-0.05, 0) is 48.7 Å². The molecule has 28 heavy (non-hydrogen) atoms. The van der Waals surface area contributed by atoms with Gasteiger partial charge >= 0.3 is 0 Å². The molecule has 3 aromatic carbocycles. The molecule has 3 nitrogen and oxygen atoms in total. The van der Waals surface area contributed by atoms with E-state index >= 15 is 0 Å². The third kappa shape index (κ3) is 4.68. The molecule has 0 radical (unpaired) electrons. The van der Waals surface area contributed by atoms with Crippen molar-refractivity contribution < 1.29 is 9.84 Å². The lowest BCUT2D eigenvalue weighted by Crippen LogP contribution is -2.21. The van der Waals surface area contributed by atoms with E-state index in [1.807, 2.05) is 62.4 Å². The second-order valence-corrected chi connectivity index (χ2v) is 7.74. The third-order valence-corrected chi connectivity index (χ3v) is 5.21. The Kier molecular flexibility index (Phi) is 6.63. The van der Waals surface area contributed by atoms with Crippen LogP contribution in [0.15, 0.2) is 66.7 Å². The average molecular weight is 416 g/mol. The molecule has 0 spiro atoms. The van der Waals surface area contributed by atoms with E-state index < -0.39 is 12.1 Å². The summed E-state index contributed by atoms with van der Waals surface area (Å²) >= 11 is 12.1. The number of benzene rings is 3. The first-order chi connectivity index (χ1) is 13.4. The van der Waals surface area contributed by atoms with Gasteiger partial charge in [0.1, 0.15) is 11.9 Å². The summed E-state index contributed by atoms with van der Waals surface area (Å²) in [7, 11) is 0. The molecule has 0 bridgehead atoms. The van der Waals surface area contributed by atoms with Crippen LogP contribution in [-0.2, 0) is 0 Å². The number of hydrogen-bond acceptors (Lipinski definition) is 3. The van der Waals surface area contributed by atoms with Crippen molar-refractivity contribution in [1.29, 1.82) is 0 Å². The van der Waals surface area contributed by atoms with E-state index in [0.717, 1.165) is 11.1 Å². The van der Waals surface area contributed by atoms with E-state index in [1.54, 1.807) is 18.2 Å². The summed E-state index contributed by atoms with van der Waals surface area (Å²) in [6, 6.07) is 20.2. The lowest BCUT2D eigenvalue weighted by molar-refractivity contribution is 0.138. The van der Waals surface area contributed by atoms with Crippen LogP contribution in [0.25, 0.3) is 11.1 Å². The highest BCUT2D eigenvalue weighted by Gasteiger charge is 2.24. The van der Waals surface area contributed by atoms with E-state index in [-0.39, 0.29) is 6.10 Å². The van der Waals surface area contributed by atoms with Crippen LogP contribution in [0.4, 0.5) is 0 Å². The van der Waals surface area contributed by atoms with Gasteiger partial charge in [0.05, 0.1) is 22.2 Å². The quantitative estimate of drug-likeness (QED) is 0.505. The van der Waals surface area contributed by atoms with Crippen LogP contribution in [0.5, 0.6) is 5.75 Å². The number of aliphatic hydroxyl groups excluding tert-OH is 1. The van der Waals surface area contributed by atoms with Gasteiger partial charge in [-0.15, -0.1) is 0 Å². The minimum absolute atomic E-state index is 0.0434. The molecular formula is C23H23Cl2NO2. The van der Waals surface area contributed by atoms with Gasteiger partial charge in [0.15, 0.2) is 0 Å². The Morgan fingerprint density at radius 3 is 2.21 bits per heavy atom. The Morgan fingerprint density at radius 2 is 1.57 bits per heavy atom. The predicted molar refractivity (Wildman–Crippen MR) is 116 cm³/mol. The zero-order valence-electron chi connectivity index (χ0n) is 15.8. The van der Waals surface area contributed by atoms with Gasteiger partial charge in [0.2, 0.25) is 0 Å². The number of nitrogens with two attached hydrogens (primary N) is 1. The molecule has 3 aromatic rings. The first-order valence-electron chi connectivity index (χ1n) is 9.11. The van der Waals surface area contributed by atoms with Gasteiger partial charge in [-0.1, -0.05) is 71.7 Å². The van der Waals surface area contributed by atoms with Crippen LogP contribution in [0.1, 0.15) is 37.1 Å². The summed E-state index contributed by atoms with van der Waals surface area (Å²) < 4.78 is 5.99. The molecule has 0 aliphatic rings.